The molecule has 0 saturated carbocycles. The summed E-state index contributed by atoms with van der Waals surface area (Å²) >= 11 is 0. The van der Waals surface area contributed by atoms with E-state index < -0.39 is 10.0 Å². The van der Waals surface area contributed by atoms with Gasteiger partial charge in [-0.3, -0.25) is 4.98 Å². The molecule has 24 heavy (non-hydrogen) atoms. The first-order valence-corrected chi connectivity index (χ1v) is 8.90. The van der Waals surface area contributed by atoms with Crippen molar-refractivity contribution in [3.8, 4) is 0 Å². The van der Waals surface area contributed by atoms with Crippen molar-refractivity contribution in [2.75, 3.05) is 0 Å². The van der Waals surface area contributed by atoms with Crippen LogP contribution in [0.3, 0.4) is 0 Å². The van der Waals surface area contributed by atoms with E-state index in [2.05, 4.69) is 15.6 Å². The molecule has 1 heterocycles. The topological polar surface area (TPSA) is 114 Å². The predicted molar refractivity (Wildman–Crippen MR) is 90.6 cm³/mol. The maximum atomic E-state index is 12.0. The fourth-order valence-corrected chi connectivity index (χ4v) is 2.73. The summed E-state index contributed by atoms with van der Waals surface area (Å²) in [7, 11) is -3.77. The fourth-order valence-electron chi connectivity index (χ4n) is 2.16. The number of nitrogens with zero attached hydrogens (tertiary/aromatic N) is 1. The molecular formula is C16H20N4O3S. The van der Waals surface area contributed by atoms with Gasteiger partial charge in [-0.15, -0.1) is 0 Å². The molecule has 0 fully saturated rings. The summed E-state index contributed by atoms with van der Waals surface area (Å²) in [5, 5.41) is 10.6. The number of nitrogens with two attached hydrogens (primary N) is 1. The average Bonchev–Trinajstić information content (AvgIpc) is 2.52. The van der Waals surface area contributed by atoms with E-state index in [1.54, 1.807) is 19.1 Å². The summed E-state index contributed by atoms with van der Waals surface area (Å²) in [4.78, 5) is 16.3. The van der Waals surface area contributed by atoms with Gasteiger partial charge < -0.3 is 10.6 Å². The Hall–Kier alpha value is -2.45. The smallest absolute Gasteiger partial charge is 0.315 e. The van der Waals surface area contributed by atoms with Crippen molar-refractivity contribution >= 4 is 16.1 Å². The van der Waals surface area contributed by atoms with Crippen LogP contribution in [0.5, 0.6) is 0 Å². The Morgan fingerprint density at radius 1 is 1.25 bits per heavy atom. The van der Waals surface area contributed by atoms with Gasteiger partial charge in [0, 0.05) is 5.69 Å². The Labute approximate surface area is 141 Å². The Kier molecular flexibility index (Phi) is 5.53. The van der Waals surface area contributed by atoms with Gasteiger partial charge in [0.05, 0.1) is 23.2 Å². The molecule has 8 heteroatoms. The van der Waals surface area contributed by atoms with Crippen LogP contribution < -0.4 is 15.8 Å². The maximum absolute atomic E-state index is 12.0. The number of nitrogens with one attached hydrogen (secondary N) is 2. The predicted octanol–water partition coefficient (Wildman–Crippen LogP) is 1.60. The number of hydrogen-bond acceptors (Lipinski definition) is 4. The lowest BCUT2D eigenvalue weighted by atomic mass is 10.1. The summed E-state index contributed by atoms with van der Waals surface area (Å²) in [5.41, 5.74) is 2.28. The molecule has 0 radical (unpaired) electrons. The van der Waals surface area contributed by atoms with Crippen molar-refractivity contribution in [2.45, 2.75) is 31.3 Å². The van der Waals surface area contributed by atoms with Crippen LogP contribution in [-0.2, 0) is 16.6 Å². The number of hydrogen-bond donors (Lipinski definition) is 3. The van der Waals surface area contributed by atoms with E-state index in [0.29, 0.717) is 12.1 Å². The van der Waals surface area contributed by atoms with Crippen molar-refractivity contribution < 1.29 is 13.2 Å². The number of pyridine rings is 1. The van der Waals surface area contributed by atoms with Gasteiger partial charge in [-0.25, -0.2) is 18.4 Å². The second-order valence-electron chi connectivity index (χ2n) is 5.44. The summed E-state index contributed by atoms with van der Waals surface area (Å²) in [6, 6.07) is 11.0. The van der Waals surface area contributed by atoms with Gasteiger partial charge in [0.1, 0.15) is 0 Å². The number of amides is 2. The second kappa shape index (κ2) is 7.41. The molecule has 0 aliphatic heterocycles. The Morgan fingerprint density at radius 3 is 2.62 bits per heavy atom. The van der Waals surface area contributed by atoms with Gasteiger partial charge in [0.15, 0.2) is 0 Å². The minimum Gasteiger partial charge on any atom is -0.332 e. The summed E-state index contributed by atoms with van der Waals surface area (Å²) in [6.07, 6.45) is 0. The average molecular weight is 348 g/mol. The largest absolute Gasteiger partial charge is 0.332 e. The van der Waals surface area contributed by atoms with Crippen LogP contribution in [0.1, 0.15) is 29.9 Å². The summed E-state index contributed by atoms with van der Waals surface area (Å²) in [6.45, 7) is 3.94. The number of carbonyl (C=O) groups excluding carboxylic acids is 1. The Morgan fingerprint density at radius 2 is 1.96 bits per heavy atom. The third kappa shape index (κ3) is 5.04. The van der Waals surface area contributed by atoms with Crippen LogP contribution in [0.15, 0.2) is 47.4 Å². The number of rotatable bonds is 5. The molecule has 128 valence electrons. The van der Waals surface area contributed by atoms with Crippen molar-refractivity contribution in [3.05, 3.63) is 59.4 Å². The zero-order valence-corrected chi connectivity index (χ0v) is 14.3. The second-order valence-corrected chi connectivity index (χ2v) is 7.00. The zero-order valence-electron chi connectivity index (χ0n) is 13.5. The van der Waals surface area contributed by atoms with Crippen LogP contribution in [0.25, 0.3) is 0 Å². The molecule has 1 atom stereocenters. The zero-order chi connectivity index (χ0) is 17.7. The molecule has 0 saturated heterocycles. The van der Waals surface area contributed by atoms with Gasteiger partial charge >= 0.3 is 6.03 Å². The lowest BCUT2D eigenvalue weighted by Crippen LogP contribution is -2.36. The summed E-state index contributed by atoms with van der Waals surface area (Å²) < 4.78 is 22.8. The van der Waals surface area contributed by atoms with Crippen molar-refractivity contribution in [3.63, 3.8) is 0 Å². The lowest BCUT2D eigenvalue weighted by molar-refractivity contribution is 0.237. The van der Waals surface area contributed by atoms with Crippen molar-refractivity contribution in [2.24, 2.45) is 5.14 Å². The number of urea groups is 1. The quantitative estimate of drug-likeness (QED) is 0.761. The van der Waals surface area contributed by atoms with E-state index in [1.165, 1.54) is 12.1 Å². The highest BCUT2D eigenvalue weighted by molar-refractivity contribution is 7.89. The van der Waals surface area contributed by atoms with Gasteiger partial charge in [0.2, 0.25) is 10.0 Å². The van der Waals surface area contributed by atoms with Crippen LogP contribution in [0, 0.1) is 6.92 Å². The number of aryl methyl sites for hydroxylation is 1. The molecule has 2 amide bonds. The number of primary sulfonamides is 1. The van der Waals surface area contributed by atoms with E-state index in [1.807, 2.05) is 25.1 Å². The minimum absolute atomic E-state index is 0.0121. The van der Waals surface area contributed by atoms with Crippen molar-refractivity contribution in [1.82, 2.24) is 15.6 Å². The first-order valence-electron chi connectivity index (χ1n) is 7.35. The SMILES string of the molecule is Cc1cccc(CNC(=O)NC(C)c2cccc(S(N)(=O)=O)c2)n1. The molecule has 2 rings (SSSR count). The molecule has 7 nitrogen and oxygen atoms in total. The standard InChI is InChI=1S/C16H20N4O3S/c1-11-5-3-7-14(19-11)10-18-16(21)20-12(2)13-6-4-8-15(9-13)24(17,22)23/h3-9,12H,10H2,1-2H3,(H2,17,22,23)(H2,18,20,21). The number of aromatic nitrogens is 1. The first kappa shape index (κ1) is 17.9. The normalized spacial score (nSPS) is 12.5. The lowest BCUT2D eigenvalue weighted by Gasteiger charge is -2.15. The molecule has 1 aromatic heterocycles. The van der Waals surface area contributed by atoms with Crippen LogP contribution >= 0.6 is 0 Å². The van der Waals surface area contributed by atoms with Crippen LogP contribution in [-0.4, -0.2) is 19.4 Å². The summed E-state index contributed by atoms with van der Waals surface area (Å²) in [5.74, 6) is 0. The molecule has 1 unspecified atom stereocenters. The third-order valence-corrected chi connectivity index (χ3v) is 4.32. The first-order chi connectivity index (χ1) is 11.3. The van der Waals surface area contributed by atoms with E-state index in [4.69, 9.17) is 5.14 Å². The highest BCUT2D eigenvalue weighted by Gasteiger charge is 2.13. The molecule has 4 N–H and O–H groups in total. The molecule has 2 aromatic rings. The monoisotopic (exact) mass is 348 g/mol. The minimum atomic E-state index is -3.77. The number of benzene rings is 1. The highest BCUT2D eigenvalue weighted by Crippen LogP contribution is 2.16. The molecular weight excluding hydrogens is 328 g/mol. The Bertz CT molecular complexity index is 837. The number of sulfonamides is 1. The molecule has 0 spiro atoms. The highest BCUT2D eigenvalue weighted by atomic mass is 32.2. The van der Waals surface area contributed by atoms with Crippen molar-refractivity contribution in [1.29, 1.82) is 0 Å². The third-order valence-electron chi connectivity index (χ3n) is 3.41. The molecule has 1 aromatic carbocycles. The molecule has 0 aliphatic rings. The molecule has 0 aliphatic carbocycles. The van der Waals surface area contributed by atoms with Gasteiger partial charge in [-0.05, 0) is 43.7 Å². The van der Waals surface area contributed by atoms with E-state index in [-0.39, 0.29) is 17.0 Å². The van der Waals surface area contributed by atoms with Crippen LogP contribution in [0.2, 0.25) is 0 Å². The van der Waals surface area contributed by atoms with Crippen LogP contribution in [0.4, 0.5) is 4.79 Å². The van der Waals surface area contributed by atoms with E-state index in [9.17, 15) is 13.2 Å². The van der Waals surface area contributed by atoms with Gasteiger partial charge in [0.25, 0.3) is 0 Å². The van der Waals surface area contributed by atoms with E-state index in [0.717, 1.165) is 11.4 Å². The van der Waals surface area contributed by atoms with Gasteiger partial charge in [-0.2, -0.15) is 0 Å². The number of carbonyl (C=O) groups is 1. The van der Waals surface area contributed by atoms with Gasteiger partial charge in [-0.1, -0.05) is 18.2 Å². The fraction of sp³-hybridized carbons (Fsp3) is 0.250. The van der Waals surface area contributed by atoms with E-state index >= 15 is 0 Å². The maximum Gasteiger partial charge on any atom is 0.315 e. The Balaban J connectivity index is 1.96. The molecule has 0 bridgehead atoms.